The van der Waals surface area contributed by atoms with Crippen LogP contribution in [0.15, 0.2) is 12.7 Å². The van der Waals surface area contributed by atoms with Crippen molar-refractivity contribution in [2.45, 2.75) is 37.8 Å². The standard InChI is InChI=1S/C9H17NO/c1-2-3-7-10-8-5-4-6-9(8)11/h2,8-11H,1,3-7H2/t8-,9-/m0/s1. The van der Waals surface area contributed by atoms with Crippen LogP contribution in [-0.4, -0.2) is 23.8 Å². The number of rotatable bonds is 4. The van der Waals surface area contributed by atoms with Crippen molar-refractivity contribution in [1.29, 1.82) is 0 Å². The maximum atomic E-state index is 9.40. The van der Waals surface area contributed by atoms with Gasteiger partial charge in [0.05, 0.1) is 6.10 Å². The Kier molecular flexibility index (Phi) is 3.60. The second-order valence-corrected chi connectivity index (χ2v) is 3.14. The van der Waals surface area contributed by atoms with Crippen LogP contribution in [0.25, 0.3) is 0 Å². The molecule has 64 valence electrons. The first-order chi connectivity index (χ1) is 5.34. The van der Waals surface area contributed by atoms with Crippen LogP contribution < -0.4 is 5.32 Å². The highest BCUT2D eigenvalue weighted by Gasteiger charge is 2.23. The summed E-state index contributed by atoms with van der Waals surface area (Å²) in [5.41, 5.74) is 0. The smallest absolute Gasteiger partial charge is 0.0693 e. The van der Waals surface area contributed by atoms with E-state index in [0.29, 0.717) is 6.04 Å². The third kappa shape index (κ3) is 2.64. The Balaban J connectivity index is 2.10. The summed E-state index contributed by atoms with van der Waals surface area (Å²) in [6.07, 6.45) is 6.02. The molecule has 2 nitrogen and oxygen atoms in total. The van der Waals surface area contributed by atoms with E-state index in [-0.39, 0.29) is 6.10 Å². The lowest BCUT2D eigenvalue weighted by Crippen LogP contribution is -2.35. The molecule has 0 heterocycles. The van der Waals surface area contributed by atoms with Gasteiger partial charge in [0, 0.05) is 6.04 Å². The summed E-state index contributed by atoms with van der Waals surface area (Å²) in [6, 6.07) is 0.343. The topological polar surface area (TPSA) is 32.3 Å². The first-order valence-electron chi connectivity index (χ1n) is 4.37. The van der Waals surface area contributed by atoms with Crippen molar-refractivity contribution in [3.05, 3.63) is 12.7 Å². The van der Waals surface area contributed by atoms with Crippen molar-refractivity contribution in [3.63, 3.8) is 0 Å². The molecular weight excluding hydrogens is 138 g/mol. The minimum atomic E-state index is -0.111. The first-order valence-corrected chi connectivity index (χ1v) is 4.37. The second-order valence-electron chi connectivity index (χ2n) is 3.14. The Labute approximate surface area is 68.3 Å². The number of hydrogen-bond acceptors (Lipinski definition) is 2. The van der Waals surface area contributed by atoms with E-state index in [1.807, 2.05) is 6.08 Å². The van der Waals surface area contributed by atoms with Gasteiger partial charge in [0.2, 0.25) is 0 Å². The SMILES string of the molecule is C=CCCN[C@H]1CCC[C@@H]1O. The van der Waals surface area contributed by atoms with Crippen LogP contribution in [-0.2, 0) is 0 Å². The van der Waals surface area contributed by atoms with E-state index in [0.717, 1.165) is 32.2 Å². The molecule has 11 heavy (non-hydrogen) atoms. The zero-order chi connectivity index (χ0) is 8.10. The largest absolute Gasteiger partial charge is 0.392 e. The maximum absolute atomic E-state index is 9.40. The first kappa shape index (κ1) is 8.75. The number of aliphatic hydroxyl groups excluding tert-OH is 1. The van der Waals surface area contributed by atoms with Gasteiger partial charge < -0.3 is 10.4 Å². The molecule has 0 aromatic heterocycles. The average Bonchev–Trinajstić information content (AvgIpc) is 2.37. The Morgan fingerprint density at radius 3 is 2.91 bits per heavy atom. The van der Waals surface area contributed by atoms with Gasteiger partial charge in [-0.25, -0.2) is 0 Å². The summed E-state index contributed by atoms with van der Waals surface area (Å²) in [5, 5.41) is 12.7. The van der Waals surface area contributed by atoms with Crippen LogP contribution in [0, 0.1) is 0 Å². The monoisotopic (exact) mass is 155 g/mol. The number of hydrogen-bond donors (Lipinski definition) is 2. The van der Waals surface area contributed by atoms with E-state index < -0.39 is 0 Å². The fraction of sp³-hybridized carbons (Fsp3) is 0.778. The molecule has 0 aromatic carbocycles. The lowest BCUT2D eigenvalue weighted by molar-refractivity contribution is 0.150. The molecule has 0 spiro atoms. The van der Waals surface area contributed by atoms with Crippen LogP contribution in [0.1, 0.15) is 25.7 Å². The zero-order valence-corrected chi connectivity index (χ0v) is 6.92. The molecule has 0 unspecified atom stereocenters. The minimum Gasteiger partial charge on any atom is -0.392 e. The van der Waals surface area contributed by atoms with Gasteiger partial charge in [-0.2, -0.15) is 0 Å². The Hall–Kier alpha value is -0.340. The van der Waals surface area contributed by atoms with E-state index in [1.165, 1.54) is 0 Å². The van der Waals surface area contributed by atoms with Crippen molar-refractivity contribution in [2.24, 2.45) is 0 Å². The van der Waals surface area contributed by atoms with Crippen LogP contribution in [0.4, 0.5) is 0 Å². The van der Waals surface area contributed by atoms with Crippen LogP contribution in [0.5, 0.6) is 0 Å². The molecule has 0 amide bonds. The second kappa shape index (κ2) is 4.52. The fourth-order valence-corrected chi connectivity index (χ4v) is 1.55. The third-order valence-electron chi connectivity index (χ3n) is 2.23. The summed E-state index contributed by atoms with van der Waals surface area (Å²) < 4.78 is 0. The molecule has 2 N–H and O–H groups in total. The van der Waals surface area contributed by atoms with Gasteiger partial charge >= 0.3 is 0 Å². The predicted octanol–water partition coefficient (Wildman–Crippen LogP) is 1.07. The lowest BCUT2D eigenvalue weighted by Gasteiger charge is -2.15. The van der Waals surface area contributed by atoms with E-state index >= 15 is 0 Å². The van der Waals surface area contributed by atoms with Gasteiger partial charge in [-0.15, -0.1) is 6.58 Å². The number of aliphatic hydroxyl groups is 1. The van der Waals surface area contributed by atoms with Crippen molar-refractivity contribution in [3.8, 4) is 0 Å². The fourth-order valence-electron chi connectivity index (χ4n) is 1.55. The van der Waals surface area contributed by atoms with Gasteiger partial charge in [-0.3, -0.25) is 0 Å². The van der Waals surface area contributed by atoms with Gasteiger partial charge in [-0.1, -0.05) is 6.08 Å². The molecular formula is C9H17NO. The lowest BCUT2D eigenvalue weighted by atomic mass is 10.2. The Bertz CT molecular complexity index is 125. The molecule has 0 aliphatic heterocycles. The van der Waals surface area contributed by atoms with E-state index in [4.69, 9.17) is 0 Å². The molecule has 1 aliphatic rings. The van der Waals surface area contributed by atoms with Crippen molar-refractivity contribution in [2.75, 3.05) is 6.54 Å². The highest BCUT2D eigenvalue weighted by atomic mass is 16.3. The van der Waals surface area contributed by atoms with Crippen molar-refractivity contribution >= 4 is 0 Å². The summed E-state index contributed by atoms with van der Waals surface area (Å²) in [7, 11) is 0. The molecule has 1 rings (SSSR count). The van der Waals surface area contributed by atoms with Crippen molar-refractivity contribution in [1.82, 2.24) is 5.32 Å². The number of nitrogens with one attached hydrogen (secondary N) is 1. The van der Waals surface area contributed by atoms with Gasteiger partial charge in [0.25, 0.3) is 0 Å². The normalized spacial score (nSPS) is 30.6. The maximum Gasteiger partial charge on any atom is 0.0693 e. The molecule has 1 saturated carbocycles. The molecule has 1 fully saturated rings. The van der Waals surface area contributed by atoms with Crippen LogP contribution >= 0.6 is 0 Å². The molecule has 0 saturated heterocycles. The highest BCUT2D eigenvalue weighted by molar-refractivity contribution is 4.83. The van der Waals surface area contributed by atoms with Crippen LogP contribution in [0.2, 0.25) is 0 Å². The van der Waals surface area contributed by atoms with E-state index in [1.54, 1.807) is 0 Å². The predicted molar refractivity (Wildman–Crippen MR) is 46.5 cm³/mol. The van der Waals surface area contributed by atoms with Gasteiger partial charge in [0.15, 0.2) is 0 Å². The summed E-state index contributed by atoms with van der Waals surface area (Å²) in [4.78, 5) is 0. The van der Waals surface area contributed by atoms with E-state index in [2.05, 4.69) is 11.9 Å². The van der Waals surface area contributed by atoms with Gasteiger partial charge in [0.1, 0.15) is 0 Å². The molecule has 1 aliphatic carbocycles. The Morgan fingerprint density at radius 2 is 2.36 bits per heavy atom. The summed E-state index contributed by atoms with van der Waals surface area (Å²) >= 11 is 0. The summed E-state index contributed by atoms with van der Waals surface area (Å²) in [5.74, 6) is 0. The zero-order valence-electron chi connectivity index (χ0n) is 6.92. The molecule has 0 aromatic rings. The van der Waals surface area contributed by atoms with E-state index in [9.17, 15) is 5.11 Å². The Morgan fingerprint density at radius 1 is 1.55 bits per heavy atom. The van der Waals surface area contributed by atoms with Crippen LogP contribution in [0.3, 0.4) is 0 Å². The third-order valence-corrected chi connectivity index (χ3v) is 2.23. The van der Waals surface area contributed by atoms with Crippen molar-refractivity contribution < 1.29 is 5.11 Å². The molecule has 0 bridgehead atoms. The summed E-state index contributed by atoms with van der Waals surface area (Å²) in [6.45, 7) is 4.59. The molecule has 2 atom stereocenters. The molecule has 0 radical (unpaired) electrons. The highest BCUT2D eigenvalue weighted by Crippen LogP contribution is 2.18. The average molecular weight is 155 g/mol. The quantitative estimate of drug-likeness (QED) is 0.470. The molecule has 2 heteroatoms. The minimum absolute atomic E-state index is 0.111. The van der Waals surface area contributed by atoms with Gasteiger partial charge in [-0.05, 0) is 32.2 Å².